The van der Waals surface area contributed by atoms with Crippen molar-refractivity contribution in [3.05, 3.63) is 23.8 Å². The van der Waals surface area contributed by atoms with Crippen LogP contribution in [0.3, 0.4) is 0 Å². The number of sulfonamides is 1. The third-order valence-electron chi connectivity index (χ3n) is 4.29. The molecule has 8 nitrogen and oxygen atoms in total. The summed E-state index contributed by atoms with van der Waals surface area (Å²) < 4.78 is 37.8. The minimum Gasteiger partial charge on any atom is -0.495 e. The summed E-state index contributed by atoms with van der Waals surface area (Å²) in [5, 5.41) is 2.99. The highest BCUT2D eigenvalue weighted by atomic mass is 35.5. The molecule has 0 radical (unpaired) electrons. The highest BCUT2D eigenvalue weighted by Crippen LogP contribution is 2.28. The van der Waals surface area contributed by atoms with E-state index in [0.29, 0.717) is 45.0 Å². The molecule has 1 aromatic carbocycles. The Bertz CT molecular complexity index is 723. The SMILES string of the molecule is CNCCN(C)C(=O)Cc1ccc(OC)c(S(=O)(=O)N2CCOCC2)c1.Cl. The van der Waals surface area contributed by atoms with Gasteiger partial charge in [-0.25, -0.2) is 8.42 Å². The molecule has 1 aromatic rings. The monoisotopic (exact) mass is 421 g/mol. The number of ether oxygens (including phenoxy) is 2. The van der Waals surface area contributed by atoms with Gasteiger partial charge in [-0.1, -0.05) is 6.07 Å². The quantitative estimate of drug-likeness (QED) is 0.652. The first-order chi connectivity index (χ1) is 12.4. The van der Waals surface area contributed by atoms with Crippen LogP contribution in [0.5, 0.6) is 5.75 Å². The van der Waals surface area contributed by atoms with E-state index in [9.17, 15) is 13.2 Å². The minimum atomic E-state index is -3.70. The predicted octanol–water partition coefficient (Wildman–Crippen LogP) is 0.358. The lowest BCUT2D eigenvalue weighted by atomic mass is 10.1. The molecule has 0 spiro atoms. The molecule has 10 heteroatoms. The van der Waals surface area contributed by atoms with Gasteiger partial charge in [0.05, 0.1) is 26.7 Å². The molecular formula is C17H28ClN3O5S. The van der Waals surface area contributed by atoms with Crippen molar-refractivity contribution in [2.45, 2.75) is 11.3 Å². The number of hydrogen-bond donors (Lipinski definition) is 1. The molecule has 2 rings (SSSR count). The van der Waals surface area contributed by atoms with Crippen molar-refractivity contribution in [3.8, 4) is 5.75 Å². The number of rotatable bonds is 8. The smallest absolute Gasteiger partial charge is 0.246 e. The zero-order valence-electron chi connectivity index (χ0n) is 15.9. The van der Waals surface area contributed by atoms with Crippen molar-refractivity contribution in [2.75, 3.05) is 60.6 Å². The number of methoxy groups -OCH3 is 1. The number of halogens is 1. The average Bonchev–Trinajstić information content (AvgIpc) is 2.66. The number of amides is 1. The van der Waals surface area contributed by atoms with E-state index in [1.165, 1.54) is 17.5 Å². The largest absolute Gasteiger partial charge is 0.495 e. The lowest BCUT2D eigenvalue weighted by Crippen LogP contribution is -2.40. The molecule has 1 aliphatic rings. The van der Waals surface area contributed by atoms with Crippen LogP contribution < -0.4 is 10.1 Å². The standard InChI is InChI=1S/C17H27N3O5S.ClH/c1-18-6-7-19(2)17(21)13-14-4-5-15(24-3)16(12-14)26(22,23)20-8-10-25-11-9-20;/h4-5,12,18H,6-11,13H2,1-3H3;1H. The van der Waals surface area contributed by atoms with Gasteiger partial charge in [0.2, 0.25) is 15.9 Å². The summed E-state index contributed by atoms with van der Waals surface area (Å²) in [4.78, 5) is 14.0. The second-order valence-electron chi connectivity index (χ2n) is 6.10. The molecule has 1 N–H and O–H groups in total. The molecule has 1 saturated heterocycles. The number of hydrogen-bond acceptors (Lipinski definition) is 6. The summed E-state index contributed by atoms with van der Waals surface area (Å²) in [7, 11) is 1.29. The number of morpholine rings is 1. The molecule has 27 heavy (non-hydrogen) atoms. The molecule has 1 aliphatic heterocycles. The fraction of sp³-hybridized carbons (Fsp3) is 0.588. The highest BCUT2D eigenvalue weighted by molar-refractivity contribution is 7.89. The van der Waals surface area contributed by atoms with Crippen molar-refractivity contribution in [1.82, 2.24) is 14.5 Å². The van der Waals surface area contributed by atoms with Gasteiger partial charge in [0, 0.05) is 33.2 Å². The zero-order valence-corrected chi connectivity index (χ0v) is 17.6. The van der Waals surface area contributed by atoms with Gasteiger partial charge in [-0.05, 0) is 24.7 Å². The van der Waals surface area contributed by atoms with E-state index < -0.39 is 10.0 Å². The van der Waals surface area contributed by atoms with Crippen LogP contribution in [0.15, 0.2) is 23.1 Å². The van der Waals surface area contributed by atoms with E-state index >= 15 is 0 Å². The van der Waals surface area contributed by atoms with Gasteiger partial charge in [-0.3, -0.25) is 4.79 Å². The van der Waals surface area contributed by atoms with Gasteiger partial charge >= 0.3 is 0 Å². The number of carbonyl (C=O) groups excluding carboxylic acids is 1. The van der Waals surface area contributed by atoms with Gasteiger partial charge in [0.1, 0.15) is 10.6 Å². The van der Waals surface area contributed by atoms with Crippen LogP contribution in [-0.2, 0) is 26.0 Å². The molecule has 154 valence electrons. The molecule has 0 aliphatic carbocycles. The maximum absolute atomic E-state index is 13.0. The van der Waals surface area contributed by atoms with E-state index in [1.807, 2.05) is 7.05 Å². The van der Waals surface area contributed by atoms with Gasteiger partial charge in [0.15, 0.2) is 0 Å². The van der Waals surface area contributed by atoms with Crippen LogP contribution in [0.4, 0.5) is 0 Å². The number of nitrogens with zero attached hydrogens (tertiary/aromatic N) is 2. The van der Waals surface area contributed by atoms with E-state index in [-0.39, 0.29) is 35.4 Å². The van der Waals surface area contributed by atoms with Crippen LogP contribution in [0.1, 0.15) is 5.56 Å². The second-order valence-corrected chi connectivity index (χ2v) is 8.00. The molecular weight excluding hydrogens is 394 g/mol. The van der Waals surface area contributed by atoms with Crippen LogP contribution in [0, 0.1) is 0 Å². The Balaban J connectivity index is 0.00000364. The average molecular weight is 422 g/mol. The Labute approximate surface area is 167 Å². The van der Waals surface area contributed by atoms with Gasteiger partial charge < -0.3 is 19.7 Å². The topological polar surface area (TPSA) is 88.2 Å². The van der Waals surface area contributed by atoms with Crippen molar-refractivity contribution >= 4 is 28.3 Å². The molecule has 1 fully saturated rings. The lowest BCUT2D eigenvalue weighted by Gasteiger charge is -2.27. The Morgan fingerprint density at radius 2 is 2.00 bits per heavy atom. The van der Waals surface area contributed by atoms with E-state index in [0.717, 1.165) is 0 Å². The molecule has 0 aromatic heterocycles. The van der Waals surface area contributed by atoms with Crippen LogP contribution in [0.25, 0.3) is 0 Å². The molecule has 0 atom stereocenters. The molecule has 0 bridgehead atoms. The normalized spacial score (nSPS) is 15.1. The summed E-state index contributed by atoms with van der Waals surface area (Å²) >= 11 is 0. The summed E-state index contributed by atoms with van der Waals surface area (Å²) in [5.74, 6) is 0.205. The van der Waals surface area contributed by atoms with E-state index in [2.05, 4.69) is 5.32 Å². The number of benzene rings is 1. The minimum absolute atomic E-state index is 0. The lowest BCUT2D eigenvalue weighted by molar-refractivity contribution is -0.129. The fourth-order valence-corrected chi connectivity index (χ4v) is 4.29. The summed E-state index contributed by atoms with van der Waals surface area (Å²) in [6, 6.07) is 4.86. The zero-order chi connectivity index (χ0) is 19.2. The first-order valence-corrected chi connectivity index (χ1v) is 9.97. The summed E-state index contributed by atoms with van der Waals surface area (Å²) in [5.41, 5.74) is 0.638. The van der Waals surface area contributed by atoms with Crippen LogP contribution in [0.2, 0.25) is 0 Å². The third-order valence-corrected chi connectivity index (χ3v) is 6.21. The summed E-state index contributed by atoms with van der Waals surface area (Å²) in [6.45, 7) is 2.64. The number of likely N-dealkylation sites (N-methyl/N-ethyl adjacent to an activating group) is 2. The molecule has 1 heterocycles. The highest BCUT2D eigenvalue weighted by Gasteiger charge is 2.29. The Hall–Kier alpha value is -1.39. The van der Waals surface area contributed by atoms with Gasteiger partial charge in [0.25, 0.3) is 0 Å². The van der Waals surface area contributed by atoms with Crippen molar-refractivity contribution in [2.24, 2.45) is 0 Å². The van der Waals surface area contributed by atoms with E-state index in [4.69, 9.17) is 9.47 Å². The maximum Gasteiger partial charge on any atom is 0.246 e. The van der Waals surface area contributed by atoms with Crippen molar-refractivity contribution < 1.29 is 22.7 Å². The fourth-order valence-electron chi connectivity index (χ4n) is 2.67. The first kappa shape index (κ1) is 23.6. The Morgan fingerprint density at radius 1 is 1.33 bits per heavy atom. The Kier molecular flexibility index (Phi) is 9.48. The number of nitrogens with one attached hydrogen (secondary N) is 1. The molecule has 0 unspecified atom stereocenters. The maximum atomic E-state index is 13.0. The van der Waals surface area contributed by atoms with Crippen molar-refractivity contribution in [1.29, 1.82) is 0 Å². The van der Waals surface area contributed by atoms with Gasteiger partial charge in [-0.2, -0.15) is 4.31 Å². The summed E-state index contributed by atoms with van der Waals surface area (Å²) in [6.07, 6.45) is 0.135. The molecule has 1 amide bonds. The van der Waals surface area contributed by atoms with E-state index in [1.54, 1.807) is 24.1 Å². The second kappa shape index (κ2) is 10.8. The predicted molar refractivity (Wildman–Crippen MR) is 105 cm³/mol. The van der Waals surface area contributed by atoms with Gasteiger partial charge in [-0.15, -0.1) is 12.4 Å². The Morgan fingerprint density at radius 3 is 2.59 bits per heavy atom. The first-order valence-electron chi connectivity index (χ1n) is 8.53. The molecule has 0 saturated carbocycles. The third kappa shape index (κ3) is 6.05. The van der Waals surface area contributed by atoms with Crippen LogP contribution in [-0.4, -0.2) is 84.1 Å². The number of carbonyl (C=O) groups is 1. The van der Waals surface area contributed by atoms with Crippen LogP contribution >= 0.6 is 12.4 Å². The van der Waals surface area contributed by atoms with Crippen molar-refractivity contribution in [3.63, 3.8) is 0 Å².